The average molecular weight is 389 g/mol. The van der Waals surface area contributed by atoms with Gasteiger partial charge >= 0.3 is 0 Å². The van der Waals surface area contributed by atoms with Crippen LogP contribution in [0.5, 0.6) is 0 Å². The minimum Gasteiger partial charge on any atom is -0.294 e. The highest BCUT2D eigenvalue weighted by molar-refractivity contribution is 7.88. The number of nitro benzene ring substituents is 1. The second kappa shape index (κ2) is 8.16. The molecule has 0 spiro atoms. The number of nitro groups is 1. The highest BCUT2D eigenvalue weighted by Gasteiger charge is 2.29. The molecular formula is C19H23N3O4S. The third-order valence-corrected chi connectivity index (χ3v) is 6.82. The van der Waals surface area contributed by atoms with Crippen molar-refractivity contribution in [1.29, 1.82) is 0 Å². The smallest absolute Gasteiger partial charge is 0.269 e. The van der Waals surface area contributed by atoms with Gasteiger partial charge in [0.05, 0.1) is 10.7 Å². The van der Waals surface area contributed by atoms with Crippen molar-refractivity contribution in [3.8, 4) is 0 Å². The molecule has 1 heterocycles. The molecule has 1 fully saturated rings. The van der Waals surface area contributed by atoms with Crippen LogP contribution in [0.4, 0.5) is 5.69 Å². The molecule has 0 aromatic heterocycles. The second-order valence-electron chi connectivity index (χ2n) is 6.70. The summed E-state index contributed by atoms with van der Waals surface area (Å²) in [5, 5.41) is 11.0. The van der Waals surface area contributed by atoms with Crippen LogP contribution in [0.25, 0.3) is 0 Å². The summed E-state index contributed by atoms with van der Waals surface area (Å²) >= 11 is 0. The maximum absolute atomic E-state index is 12.7. The molecule has 8 heteroatoms. The van der Waals surface area contributed by atoms with Gasteiger partial charge in [0.25, 0.3) is 5.69 Å². The molecule has 1 aliphatic heterocycles. The van der Waals surface area contributed by atoms with E-state index in [4.69, 9.17) is 0 Å². The zero-order valence-electron chi connectivity index (χ0n) is 15.2. The molecule has 1 aliphatic rings. The topological polar surface area (TPSA) is 83.8 Å². The highest BCUT2D eigenvalue weighted by atomic mass is 32.2. The average Bonchev–Trinajstić information content (AvgIpc) is 2.68. The van der Waals surface area contributed by atoms with E-state index in [1.54, 1.807) is 12.1 Å². The van der Waals surface area contributed by atoms with Crippen molar-refractivity contribution < 1.29 is 13.3 Å². The predicted molar refractivity (Wildman–Crippen MR) is 104 cm³/mol. The van der Waals surface area contributed by atoms with Gasteiger partial charge in [-0.2, -0.15) is 4.31 Å². The first-order chi connectivity index (χ1) is 12.9. The third kappa shape index (κ3) is 4.71. The molecule has 0 radical (unpaired) electrons. The summed E-state index contributed by atoms with van der Waals surface area (Å²) in [4.78, 5) is 12.7. The summed E-state index contributed by atoms with van der Waals surface area (Å²) in [5.74, 6) is 0.00821. The summed E-state index contributed by atoms with van der Waals surface area (Å²) in [6.45, 7) is 4.03. The number of benzene rings is 2. The lowest BCUT2D eigenvalue weighted by Crippen LogP contribution is -2.49. The molecule has 7 nitrogen and oxygen atoms in total. The van der Waals surface area contributed by atoms with Gasteiger partial charge in [-0.15, -0.1) is 0 Å². The Labute approximate surface area is 159 Å². The fraction of sp³-hybridized carbons (Fsp3) is 0.368. The van der Waals surface area contributed by atoms with Crippen LogP contribution in [-0.2, 0) is 15.8 Å². The van der Waals surface area contributed by atoms with Gasteiger partial charge in [0, 0.05) is 44.4 Å². The van der Waals surface area contributed by atoms with Crippen LogP contribution >= 0.6 is 0 Å². The van der Waals surface area contributed by atoms with Crippen LogP contribution in [0, 0.1) is 10.1 Å². The van der Waals surface area contributed by atoms with Crippen LogP contribution in [0.1, 0.15) is 24.1 Å². The second-order valence-corrected chi connectivity index (χ2v) is 8.67. The zero-order valence-corrected chi connectivity index (χ0v) is 16.0. The van der Waals surface area contributed by atoms with Crippen molar-refractivity contribution >= 4 is 15.7 Å². The molecule has 144 valence electrons. The zero-order chi connectivity index (χ0) is 19.4. The van der Waals surface area contributed by atoms with Gasteiger partial charge in [-0.3, -0.25) is 15.0 Å². The standard InChI is InChI=1S/C19H23N3O4S/c1-16(18-8-5-9-19(14-18)22(23)24)20-10-12-21(13-11-20)27(25,26)15-17-6-3-2-4-7-17/h2-9,14,16H,10-13,15H2,1H3/t16-/m0/s1. The Balaban J connectivity index is 1.63. The van der Waals surface area contributed by atoms with Crippen molar-refractivity contribution in [2.75, 3.05) is 26.2 Å². The first-order valence-corrected chi connectivity index (χ1v) is 10.5. The third-order valence-electron chi connectivity index (χ3n) is 4.97. The summed E-state index contributed by atoms with van der Waals surface area (Å²) in [6, 6.07) is 15.8. The van der Waals surface area contributed by atoms with Crippen LogP contribution in [0.2, 0.25) is 0 Å². The SMILES string of the molecule is C[C@@H](c1cccc([N+](=O)[O-])c1)N1CCN(S(=O)(=O)Cc2ccccc2)CC1. The normalized spacial score (nSPS) is 17.5. The number of rotatable bonds is 6. The lowest BCUT2D eigenvalue weighted by Gasteiger charge is -2.37. The molecular weight excluding hydrogens is 366 g/mol. The largest absolute Gasteiger partial charge is 0.294 e. The molecule has 3 rings (SSSR count). The van der Waals surface area contributed by atoms with E-state index in [2.05, 4.69) is 4.90 Å². The van der Waals surface area contributed by atoms with E-state index in [1.807, 2.05) is 43.3 Å². The predicted octanol–water partition coefficient (Wildman–Crippen LogP) is 2.80. The number of sulfonamides is 1. The number of hydrogen-bond donors (Lipinski definition) is 0. The van der Waals surface area contributed by atoms with Crippen LogP contribution < -0.4 is 0 Å². The van der Waals surface area contributed by atoms with Gasteiger partial charge in [0.15, 0.2) is 0 Å². The van der Waals surface area contributed by atoms with Gasteiger partial charge in [-0.05, 0) is 18.1 Å². The van der Waals surface area contributed by atoms with Gasteiger partial charge in [0.2, 0.25) is 10.0 Å². The Morgan fingerprint density at radius 1 is 1.04 bits per heavy atom. The van der Waals surface area contributed by atoms with Crippen molar-refractivity contribution in [2.45, 2.75) is 18.7 Å². The molecule has 1 saturated heterocycles. The van der Waals surface area contributed by atoms with E-state index in [-0.39, 0.29) is 17.5 Å². The lowest BCUT2D eigenvalue weighted by molar-refractivity contribution is -0.385. The van der Waals surface area contributed by atoms with Gasteiger partial charge in [-0.1, -0.05) is 42.5 Å². The number of nitrogens with zero attached hydrogens (tertiary/aromatic N) is 3. The number of hydrogen-bond acceptors (Lipinski definition) is 5. The Morgan fingerprint density at radius 3 is 2.33 bits per heavy atom. The molecule has 27 heavy (non-hydrogen) atoms. The maximum atomic E-state index is 12.7. The highest BCUT2D eigenvalue weighted by Crippen LogP contribution is 2.25. The molecule has 0 amide bonds. The molecule has 1 atom stereocenters. The Morgan fingerprint density at radius 2 is 1.70 bits per heavy atom. The van der Waals surface area contributed by atoms with Crippen LogP contribution in [0.3, 0.4) is 0 Å². The van der Waals surface area contributed by atoms with Crippen LogP contribution in [-0.4, -0.2) is 48.7 Å². The maximum Gasteiger partial charge on any atom is 0.269 e. The van der Waals surface area contributed by atoms with Gasteiger partial charge in [-0.25, -0.2) is 8.42 Å². The quantitative estimate of drug-likeness (QED) is 0.560. The monoisotopic (exact) mass is 389 g/mol. The van der Waals surface area contributed by atoms with Gasteiger partial charge in [0.1, 0.15) is 0 Å². The van der Waals surface area contributed by atoms with Crippen LogP contribution in [0.15, 0.2) is 54.6 Å². The number of non-ortho nitro benzene ring substituents is 1. The molecule has 0 saturated carbocycles. The van der Waals surface area contributed by atoms with Crippen molar-refractivity contribution in [1.82, 2.24) is 9.21 Å². The van der Waals surface area contributed by atoms with Gasteiger partial charge < -0.3 is 0 Å². The molecule has 0 bridgehead atoms. The van der Waals surface area contributed by atoms with Crippen molar-refractivity contribution in [3.05, 3.63) is 75.8 Å². The summed E-state index contributed by atoms with van der Waals surface area (Å²) < 4.78 is 26.8. The lowest BCUT2D eigenvalue weighted by atomic mass is 10.1. The minimum absolute atomic E-state index is 0.00821. The molecule has 2 aromatic rings. The fourth-order valence-corrected chi connectivity index (χ4v) is 4.87. The Bertz CT molecular complexity index is 894. The van der Waals surface area contributed by atoms with E-state index in [1.165, 1.54) is 10.4 Å². The molecule has 0 aliphatic carbocycles. The van der Waals surface area contributed by atoms with E-state index < -0.39 is 14.9 Å². The molecule has 0 unspecified atom stereocenters. The summed E-state index contributed by atoms with van der Waals surface area (Å²) in [6.07, 6.45) is 0. The fourth-order valence-electron chi connectivity index (χ4n) is 3.35. The summed E-state index contributed by atoms with van der Waals surface area (Å²) in [5.41, 5.74) is 1.72. The minimum atomic E-state index is -3.35. The first-order valence-electron chi connectivity index (χ1n) is 8.87. The van der Waals surface area contributed by atoms with E-state index >= 15 is 0 Å². The van der Waals surface area contributed by atoms with E-state index in [0.29, 0.717) is 26.2 Å². The summed E-state index contributed by atoms with van der Waals surface area (Å²) in [7, 11) is -3.35. The van der Waals surface area contributed by atoms with Crippen molar-refractivity contribution in [2.24, 2.45) is 0 Å². The Kier molecular flexibility index (Phi) is 5.88. The van der Waals surface area contributed by atoms with Crippen molar-refractivity contribution in [3.63, 3.8) is 0 Å². The van der Waals surface area contributed by atoms with E-state index in [0.717, 1.165) is 11.1 Å². The van der Waals surface area contributed by atoms with E-state index in [9.17, 15) is 18.5 Å². The number of piperazine rings is 1. The first kappa shape index (κ1) is 19.5. The molecule has 2 aromatic carbocycles. The molecule has 0 N–H and O–H groups in total. The Hall–Kier alpha value is -2.29.